The van der Waals surface area contributed by atoms with Gasteiger partial charge in [0.25, 0.3) is 0 Å². The number of anilines is 1. The van der Waals surface area contributed by atoms with Gasteiger partial charge in [0.1, 0.15) is 5.52 Å². The average Bonchev–Trinajstić information content (AvgIpc) is 3.17. The molecule has 0 atom stereocenters. The van der Waals surface area contributed by atoms with Crippen LogP contribution in [0.3, 0.4) is 0 Å². The van der Waals surface area contributed by atoms with Gasteiger partial charge >= 0.3 is 5.97 Å². The molecule has 0 saturated carbocycles. The third-order valence-electron chi connectivity index (χ3n) is 5.35. The van der Waals surface area contributed by atoms with E-state index in [-0.39, 0.29) is 18.3 Å². The lowest BCUT2D eigenvalue weighted by molar-refractivity contribution is -0.113. The maximum absolute atomic E-state index is 13.0. The largest absolute Gasteiger partial charge is 0.462 e. The van der Waals surface area contributed by atoms with Crippen molar-refractivity contribution in [2.24, 2.45) is 0 Å². The van der Waals surface area contributed by atoms with Crippen LogP contribution in [0.4, 0.5) is 5.69 Å². The Morgan fingerprint density at radius 3 is 2.57 bits per heavy atom. The number of nitrogens with one attached hydrogen (secondary N) is 1. The molecule has 2 heterocycles. The molecule has 0 aliphatic heterocycles. The number of fused-ring (bicyclic) bond motifs is 1. The minimum atomic E-state index is -0.491. The van der Waals surface area contributed by atoms with E-state index in [0.717, 1.165) is 28.0 Å². The fraction of sp³-hybridized carbons (Fsp3) is 0.231. The third kappa shape index (κ3) is 5.26. The van der Waals surface area contributed by atoms with Crippen molar-refractivity contribution in [3.63, 3.8) is 0 Å². The molecule has 35 heavy (non-hydrogen) atoms. The Morgan fingerprint density at radius 2 is 1.86 bits per heavy atom. The van der Waals surface area contributed by atoms with Gasteiger partial charge in [-0.15, -0.1) is 0 Å². The summed E-state index contributed by atoms with van der Waals surface area (Å²) in [6.07, 6.45) is 1.74. The first-order valence-electron chi connectivity index (χ1n) is 11.1. The number of rotatable bonds is 7. The molecule has 0 bridgehead atoms. The van der Waals surface area contributed by atoms with Gasteiger partial charge in [-0.3, -0.25) is 9.36 Å². The van der Waals surface area contributed by atoms with Gasteiger partial charge in [0, 0.05) is 10.7 Å². The zero-order valence-electron chi connectivity index (χ0n) is 19.9. The number of aryl methyl sites for hydroxylation is 3. The SMILES string of the molecule is CCOC(=O)c1cccc(Br)c1NC(=O)CSc1nc2cccnc2n1-c1c(C)cc(C)cc1C. The summed E-state index contributed by atoms with van der Waals surface area (Å²) in [6.45, 7) is 8.18. The molecule has 9 heteroatoms. The number of esters is 1. The predicted octanol–water partition coefficient (Wildman–Crippen LogP) is 6.02. The van der Waals surface area contributed by atoms with E-state index in [0.29, 0.717) is 20.9 Å². The van der Waals surface area contributed by atoms with Crippen molar-refractivity contribution in [2.45, 2.75) is 32.9 Å². The van der Waals surface area contributed by atoms with Gasteiger partial charge in [-0.25, -0.2) is 14.8 Å². The number of aromatic nitrogens is 3. The van der Waals surface area contributed by atoms with Crippen molar-refractivity contribution in [3.8, 4) is 5.69 Å². The number of halogens is 1. The van der Waals surface area contributed by atoms with Crippen LogP contribution in [0.1, 0.15) is 34.0 Å². The highest BCUT2D eigenvalue weighted by Crippen LogP contribution is 2.32. The minimum Gasteiger partial charge on any atom is -0.462 e. The van der Waals surface area contributed by atoms with Crippen molar-refractivity contribution in [1.82, 2.24) is 14.5 Å². The molecule has 1 amide bonds. The quantitative estimate of drug-likeness (QED) is 0.223. The van der Waals surface area contributed by atoms with Gasteiger partial charge in [0.15, 0.2) is 10.8 Å². The fourth-order valence-electron chi connectivity index (χ4n) is 4.05. The Balaban J connectivity index is 1.64. The summed E-state index contributed by atoms with van der Waals surface area (Å²) in [7, 11) is 0. The number of amides is 1. The van der Waals surface area contributed by atoms with Gasteiger partial charge in [0.2, 0.25) is 5.91 Å². The van der Waals surface area contributed by atoms with Crippen molar-refractivity contribution in [3.05, 3.63) is 75.4 Å². The fourth-order valence-corrected chi connectivity index (χ4v) is 5.32. The zero-order chi connectivity index (χ0) is 25.1. The number of nitrogens with zero attached hydrogens (tertiary/aromatic N) is 3. The van der Waals surface area contributed by atoms with Crippen LogP contribution >= 0.6 is 27.7 Å². The Kier molecular flexibility index (Phi) is 7.57. The highest BCUT2D eigenvalue weighted by Gasteiger charge is 2.20. The number of para-hydroxylation sites is 1. The summed E-state index contributed by atoms with van der Waals surface area (Å²) < 4.78 is 7.74. The topological polar surface area (TPSA) is 86.1 Å². The molecular formula is C26H25BrN4O3S. The van der Waals surface area contributed by atoms with Crippen LogP contribution in [0.2, 0.25) is 0 Å². The van der Waals surface area contributed by atoms with Crippen LogP contribution < -0.4 is 5.32 Å². The van der Waals surface area contributed by atoms with Crippen molar-refractivity contribution in [2.75, 3.05) is 17.7 Å². The molecule has 7 nitrogen and oxygen atoms in total. The second-order valence-electron chi connectivity index (χ2n) is 8.04. The van der Waals surface area contributed by atoms with E-state index in [2.05, 4.69) is 59.1 Å². The first kappa shape index (κ1) is 24.9. The van der Waals surface area contributed by atoms with Gasteiger partial charge in [0.05, 0.1) is 29.3 Å². The maximum atomic E-state index is 13.0. The van der Waals surface area contributed by atoms with Crippen LogP contribution in [-0.2, 0) is 9.53 Å². The Labute approximate surface area is 216 Å². The number of hydrogen-bond acceptors (Lipinski definition) is 6. The molecule has 2 aromatic carbocycles. The Hall–Kier alpha value is -3.17. The van der Waals surface area contributed by atoms with E-state index >= 15 is 0 Å². The van der Waals surface area contributed by atoms with Crippen LogP contribution in [0.5, 0.6) is 0 Å². The van der Waals surface area contributed by atoms with Crippen molar-refractivity contribution < 1.29 is 14.3 Å². The van der Waals surface area contributed by atoms with Crippen LogP contribution in [-0.4, -0.2) is 38.8 Å². The molecule has 0 saturated heterocycles. The number of thioether (sulfide) groups is 1. The third-order valence-corrected chi connectivity index (χ3v) is 6.95. The Morgan fingerprint density at radius 1 is 1.11 bits per heavy atom. The highest BCUT2D eigenvalue weighted by atomic mass is 79.9. The summed E-state index contributed by atoms with van der Waals surface area (Å²) in [6, 6.07) is 13.1. The van der Waals surface area contributed by atoms with Crippen molar-refractivity contribution in [1.29, 1.82) is 0 Å². The molecule has 0 aliphatic rings. The van der Waals surface area contributed by atoms with Gasteiger partial charge < -0.3 is 10.1 Å². The smallest absolute Gasteiger partial charge is 0.340 e. The number of carbonyl (C=O) groups is 2. The molecule has 0 unspecified atom stereocenters. The summed E-state index contributed by atoms with van der Waals surface area (Å²) >= 11 is 4.74. The van der Waals surface area contributed by atoms with Gasteiger partial charge in [-0.1, -0.05) is 35.5 Å². The molecule has 180 valence electrons. The molecule has 0 fully saturated rings. The van der Waals surface area contributed by atoms with E-state index < -0.39 is 5.97 Å². The standard InChI is InChI=1S/C26H25BrN4O3S/c1-5-34-25(33)18-8-6-9-19(27)22(18)30-21(32)14-35-26-29-20-10-7-11-28-24(20)31(26)23-16(3)12-15(2)13-17(23)4/h6-13H,5,14H2,1-4H3,(H,30,32). The number of imidazole rings is 1. The lowest BCUT2D eigenvalue weighted by atomic mass is 10.1. The molecule has 1 N–H and O–H groups in total. The molecule has 0 radical (unpaired) electrons. The van der Waals surface area contributed by atoms with Gasteiger partial charge in [-0.05, 0) is 79.0 Å². The number of carbonyl (C=O) groups excluding carboxylic acids is 2. The van der Waals surface area contributed by atoms with E-state index in [1.54, 1.807) is 31.3 Å². The molecule has 4 aromatic rings. The molecular weight excluding hydrogens is 528 g/mol. The summed E-state index contributed by atoms with van der Waals surface area (Å²) in [4.78, 5) is 34.6. The van der Waals surface area contributed by atoms with Crippen molar-refractivity contribution >= 4 is 56.4 Å². The van der Waals surface area contributed by atoms with Gasteiger partial charge in [-0.2, -0.15) is 0 Å². The normalized spacial score (nSPS) is 11.0. The second-order valence-corrected chi connectivity index (χ2v) is 9.84. The van der Waals surface area contributed by atoms with E-state index in [4.69, 9.17) is 9.72 Å². The van der Waals surface area contributed by atoms with E-state index in [1.165, 1.54) is 17.3 Å². The molecule has 0 aliphatic carbocycles. The predicted molar refractivity (Wildman–Crippen MR) is 143 cm³/mol. The first-order chi connectivity index (χ1) is 16.8. The van der Waals surface area contributed by atoms with Crippen LogP contribution in [0, 0.1) is 20.8 Å². The average molecular weight is 553 g/mol. The highest BCUT2D eigenvalue weighted by molar-refractivity contribution is 9.10. The lowest BCUT2D eigenvalue weighted by Gasteiger charge is -2.15. The number of ether oxygens (including phenoxy) is 1. The molecule has 4 rings (SSSR count). The number of benzene rings is 2. The van der Waals surface area contributed by atoms with Crippen LogP contribution in [0.25, 0.3) is 16.9 Å². The summed E-state index contributed by atoms with van der Waals surface area (Å²) in [5.74, 6) is -0.664. The summed E-state index contributed by atoms with van der Waals surface area (Å²) in [5, 5.41) is 3.52. The number of hydrogen-bond donors (Lipinski definition) is 1. The minimum absolute atomic E-state index is 0.0941. The molecule has 2 aromatic heterocycles. The summed E-state index contributed by atoms with van der Waals surface area (Å²) in [5.41, 5.74) is 6.57. The van der Waals surface area contributed by atoms with Crippen LogP contribution in [0.15, 0.2) is 58.3 Å². The first-order valence-corrected chi connectivity index (χ1v) is 12.9. The molecule has 0 spiro atoms. The maximum Gasteiger partial charge on any atom is 0.340 e. The number of pyridine rings is 1. The Bertz CT molecular complexity index is 1410. The van der Waals surface area contributed by atoms with E-state index in [9.17, 15) is 9.59 Å². The monoisotopic (exact) mass is 552 g/mol. The zero-order valence-corrected chi connectivity index (χ0v) is 22.3. The lowest BCUT2D eigenvalue weighted by Crippen LogP contribution is -2.18. The second kappa shape index (κ2) is 10.6. The van der Waals surface area contributed by atoms with E-state index in [1.807, 2.05) is 16.7 Å².